The average Bonchev–Trinajstić information content (AvgIpc) is 3.18. The molecule has 0 N–H and O–H groups in total. The fourth-order valence-corrected chi connectivity index (χ4v) is 3.84. The van der Waals surface area contributed by atoms with Crippen molar-refractivity contribution >= 4 is 5.52 Å². The Bertz CT molecular complexity index is 890. The lowest BCUT2D eigenvalue weighted by Crippen LogP contribution is -2.33. The van der Waals surface area contributed by atoms with Gasteiger partial charge in [-0.15, -0.1) is 0 Å². The summed E-state index contributed by atoms with van der Waals surface area (Å²) in [6.45, 7) is 2.97. The third-order valence-electron chi connectivity index (χ3n) is 5.13. The summed E-state index contributed by atoms with van der Waals surface area (Å²) in [6, 6.07) is 10.5. The number of rotatable bonds is 3. The molecule has 0 spiro atoms. The number of hydrogen-bond acceptors (Lipinski definition) is 3. The molecule has 0 saturated carbocycles. The van der Waals surface area contributed by atoms with E-state index in [1.165, 1.54) is 5.69 Å². The highest BCUT2D eigenvalue weighted by molar-refractivity contribution is 5.65. The van der Waals surface area contributed by atoms with E-state index in [-0.39, 0.29) is 0 Å². The van der Waals surface area contributed by atoms with Gasteiger partial charge in [-0.25, -0.2) is 0 Å². The van der Waals surface area contributed by atoms with Gasteiger partial charge in [-0.3, -0.25) is 9.58 Å². The number of piperidine rings is 1. The van der Waals surface area contributed by atoms with Crippen LogP contribution in [0, 0.1) is 11.3 Å². The molecule has 3 aromatic heterocycles. The first-order valence-electron chi connectivity index (χ1n) is 8.45. The molecule has 0 aromatic carbocycles. The molecule has 4 heterocycles. The number of aromatic nitrogens is 3. The monoisotopic (exact) mass is 319 g/mol. The van der Waals surface area contributed by atoms with Crippen molar-refractivity contribution in [1.29, 1.82) is 5.26 Å². The third kappa shape index (κ3) is 2.59. The Morgan fingerprint density at radius 2 is 2.08 bits per heavy atom. The van der Waals surface area contributed by atoms with Crippen molar-refractivity contribution in [2.75, 3.05) is 13.1 Å². The number of aryl methyl sites for hydroxylation is 1. The van der Waals surface area contributed by atoms with Gasteiger partial charge in [0.1, 0.15) is 6.07 Å². The predicted octanol–water partition coefficient (Wildman–Crippen LogP) is 2.92. The molecule has 1 aliphatic heterocycles. The van der Waals surface area contributed by atoms with Crippen LogP contribution in [0.4, 0.5) is 0 Å². The van der Waals surface area contributed by atoms with Crippen molar-refractivity contribution in [1.82, 2.24) is 19.1 Å². The van der Waals surface area contributed by atoms with Gasteiger partial charge in [-0.1, -0.05) is 6.07 Å². The molecule has 0 amide bonds. The first-order valence-corrected chi connectivity index (χ1v) is 8.45. The Kier molecular flexibility index (Phi) is 3.83. The average molecular weight is 319 g/mol. The molecule has 122 valence electrons. The van der Waals surface area contributed by atoms with E-state index >= 15 is 0 Å². The second-order valence-electron chi connectivity index (χ2n) is 6.56. The lowest BCUT2D eigenvalue weighted by atomic mass is 9.93. The fourth-order valence-electron chi connectivity index (χ4n) is 3.84. The number of nitrogens with zero attached hydrogens (tertiary/aromatic N) is 5. The third-order valence-corrected chi connectivity index (χ3v) is 5.13. The summed E-state index contributed by atoms with van der Waals surface area (Å²) in [5, 5.41) is 13.8. The summed E-state index contributed by atoms with van der Waals surface area (Å²) in [7, 11) is 2.02. The van der Waals surface area contributed by atoms with E-state index in [1.807, 2.05) is 42.3 Å². The maximum atomic E-state index is 9.54. The largest absolute Gasteiger partial charge is 0.322 e. The zero-order valence-electron chi connectivity index (χ0n) is 13.9. The molecular weight excluding hydrogens is 298 g/mol. The highest BCUT2D eigenvalue weighted by atomic mass is 15.3. The number of likely N-dealkylation sites (tertiary alicyclic amines) is 1. The summed E-state index contributed by atoms with van der Waals surface area (Å²) in [5.74, 6) is 0.595. The van der Waals surface area contributed by atoms with Gasteiger partial charge >= 0.3 is 0 Å². The van der Waals surface area contributed by atoms with E-state index < -0.39 is 0 Å². The van der Waals surface area contributed by atoms with Crippen LogP contribution in [-0.4, -0.2) is 32.2 Å². The Morgan fingerprint density at radius 1 is 1.25 bits per heavy atom. The van der Waals surface area contributed by atoms with Gasteiger partial charge in [0.15, 0.2) is 0 Å². The van der Waals surface area contributed by atoms with E-state index in [0.29, 0.717) is 5.92 Å². The molecule has 3 aromatic rings. The minimum absolute atomic E-state index is 0.595. The lowest BCUT2D eigenvalue weighted by molar-refractivity contribution is 0.201. The summed E-state index contributed by atoms with van der Waals surface area (Å²) < 4.78 is 4.05. The van der Waals surface area contributed by atoms with Crippen LogP contribution in [0.2, 0.25) is 0 Å². The molecule has 1 aliphatic rings. The standard InChI is InChI=1S/C19H21N5/c1-22-18(5-8-21-22)15-6-10-23(11-7-15)13-16-14-24-9-3-2-4-19(24)17(16)12-20/h2-5,8-9,14-15H,6-7,10-11,13H2,1H3. The van der Waals surface area contributed by atoms with Gasteiger partial charge in [0, 0.05) is 49.4 Å². The SMILES string of the molecule is Cn1nccc1C1CCN(Cc2cn3ccccc3c2C#N)CC1. The Morgan fingerprint density at radius 3 is 2.79 bits per heavy atom. The normalized spacial score (nSPS) is 16.5. The zero-order chi connectivity index (χ0) is 16.5. The highest BCUT2D eigenvalue weighted by Crippen LogP contribution is 2.29. The molecule has 1 fully saturated rings. The van der Waals surface area contributed by atoms with Gasteiger partial charge in [0.2, 0.25) is 0 Å². The molecule has 0 aliphatic carbocycles. The van der Waals surface area contributed by atoms with Crippen LogP contribution in [0.15, 0.2) is 42.9 Å². The van der Waals surface area contributed by atoms with Crippen LogP contribution in [0.25, 0.3) is 5.52 Å². The quantitative estimate of drug-likeness (QED) is 0.746. The van der Waals surface area contributed by atoms with Crippen molar-refractivity contribution in [2.45, 2.75) is 25.3 Å². The highest BCUT2D eigenvalue weighted by Gasteiger charge is 2.23. The molecule has 5 nitrogen and oxygen atoms in total. The van der Waals surface area contributed by atoms with E-state index in [2.05, 4.69) is 32.7 Å². The van der Waals surface area contributed by atoms with E-state index in [0.717, 1.165) is 49.1 Å². The van der Waals surface area contributed by atoms with Gasteiger partial charge < -0.3 is 4.40 Å². The van der Waals surface area contributed by atoms with Gasteiger partial charge in [-0.05, 0) is 44.1 Å². The second-order valence-corrected chi connectivity index (χ2v) is 6.56. The summed E-state index contributed by atoms with van der Waals surface area (Å²) in [4.78, 5) is 2.46. The van der Waals surface area contributed by atoms with E-state index in [1.54, 1.807) is 0 Å². The van der Waals surface area contributed by atoms with Crippen molar-refractivity contribution in [3.05, 3.63) is 59.7 Å². The summed E-state index contributed by atoms with van der Waals surface area (Å²) in [5.41, 5.74) is 4.27. The molecule has 0 unspecified atom stereocenters. The van der Waals surface area contributed by atoms with E-state index in [9.17, 15) is 5.26 Å². The number of fused-ring (bicyclic) bond motifs is 1. The summed E-state index contributed by atoms with van der Waals surface area (Å²) in [6.07, 6.45) is 8.28. The van der Waals surface area contributed by atoms with Crippen molar-refractivity contribution in [2.24, 2.45) is 7.05 Å². The van der Waals surface area contributed by atoms with Crippen LogP contribution < -0.4 is 0 Å². The summed E-state index contributed by atoms with van der Waals surface area (Å²) >= 11 is 0. The minimum atomic E-state index is 0.595. The Balaban J connectivity index is 1.48. The molecule has 0 atom stereocenters. The molecule has 4 rings (SSSR count). The fraction of sp³-hybridized carbons (Fsp3) is 0.368. The Labute approximate surface area is 141 Å². The molecule has 5 heteroatoms. The molecule has 1 saturated heterocycles. The molecule has 0 bridgehead atoms. The van der Waals surface area contributed by atoms with Gasteiger partial charge in [0.25, 0.3) is 0 Å². The molecule has 24 heavy (non-hydrogen) atoms. The second kappa shape index (κ2) is 6.14. The lowest BCUT2D eigenvalue weighted by Gasteiger charge is -2.31. The van der Waals surface area contributed by atoms with E-state index in [4.69, 9.17) is 0 Å². The van der Waals surface area contributed by atoms with Crippen LogP contribution >= 0.6 is 0 Å². The van der Waals surface area contributed by atoms with Crippen molar-refractivity contribution in [3.8, 4) is 6.07 Å². The maximum Gasteiger partial charge on any atom is 0.102 e. The van der Waals surface area contributed by atoms with Crippen LogP contribution in [0.3, 0.4) is 0 Å². The van der Waals surface area contributed by atoms with Crippen LogP contribution in [0.5, 0.6) is 0 Å². The van der Waals surface area contributed by atoms with Crippen molar-refractivity contribution < 1.29 is 0 Å². The topological polar surface area (TPSA) is 49.3 Å². The zero-order valence-corrected chi connectivity index (χ0v) is 13.9. The Hall–Kier alpha value is -2.58. The van der Waals surface area contributed by atoms with Crippen LogP contribution in [0.1, 0.15) is 35.6 Å². The number of nitriles is 1. The van der Waals surface area contributed by atoms with Gasteiger partial charge in [0.05, 0.1) is 11.1 Å². The first-order chi connectivity index (χ1) is 11.8. The molecule has 0 radical (unpaired) electrons. The maximum absolute atomic E-state index is 9.54. The van der Waals surface area contributed by atoms with Crippen LogP contribution in [-0.2, 0) is 13.6 Å². The minimum Gasteiger partial charge on any atom is -0.322 e. The van der Waals surface area contributed by atoms with Gasteiger partial charge in [-0.2, -0.15) is 10.4 Å². The van der Waals surface area contributed by atoms with Crippen molar-refractivity contribution in [3.63, 3.8) is 0 Å². The first kappa shape index (κ1) is 15.0. The molecular formula is C19H21N5. The predicted molar refractivity (Wildman–Crippen MR) is 92.6 cm³/mol. The number of pyridine rings is 1. The smallest absolute Gasteiger partial charge is 0.102 e. The number of hydrogen-bond donors (Lipinski definition) is 0.